The Morgan fingerprint density at radius 3 is 2.62 bits per heavy atom. The van der Waals surface area contributed by atoms with Crippen molar-refractivity contribution in [2.45, 2.75) is 25.6 Å². The molecule has 26 heavy (non-hydrogen) atoms. The number of hydrogen-bond donors (Lipinski definition) is 0. The fourth-order valence-corrected chi connectivity index (χ4v) is 3.83. The predicted molar refractivity (Wildman–Crippen MR) is 104 cm³/mol. The molecule has 0 saturated carbocycles. The van der Waals surface area contributed by atoms with Crippen LogP contribution in [-0.4, -0.2) is 32.9 Å². The van der Waals surface area contributed by atoms with Crippen molar-refractivity contribution in [1.29, 1.82) is 0 Å². The fraction of sp³-hybridized carbons (Fsp3) is 0.300. The van der Waals surface area contributed by atoms with Gasteiger partial charge < -0.3 is 4.74 Å². The molecule has 134 valence electrons. The number of aromatic nitrogens is 3. The Morgan fingerprint density at radius 2 is 1.88 bits per heavy atom. The maximum atomic E-state index is 5.65. The molecule has 1 atom stereocenters. The van der Waals surface area contributed by atoms with Gasteiger partial charge in [-0.3, -0.25) is 9.47 Å². The Hall–Kier alpha value is -2.44. The highest BCUT2D eigenvalue weighted by Gasteiger charge is 2.26. The molecule has 1 unspecified atom stereocenters. The number of benzene rings is 2. The summed E-state index contributed by atoms with van der Waals surface area (Å²) in [5.41, 5.74) is 2.36. The summed E-state index contributed by atoms with van der Waals surface area (Å²) < 4.78 is 9.85. The minimum Gasteiger partial charge on any atom is -0.497 e. The summed E-state index contributed by atoms with van der Waals surface area (Å²) in [5, 5.41) is 4.52. The second-order valence-electron chi connectivity index (χ2n) is 6.50. The van der Waals surface area contributed by atoms with Crippen molar-refractivity contribution < 1.29 is 4.74 Å². The Bertz CT molecular complexity index is 917. The van der Waals surface area contributed by atoms with Gasteiger partial charge in [0.25, 0.3) is 0 Å². The highest BCUT2D eigenvalue weighted by Crippen LogP contribution is 2.33. The molecule has 1 aliphatic rings. The van der Waals surface area contributed by atoms with E-state index in [0.717, 1.165) is 29.2 Å². The molecule has 4 rings (SSSR count). The van der Waals surface area contributed by atoms with Crippen LogP contribution >= 0.6 is 12.2 Å². The third kappa shape index (κ3) is 3.30. The Labute approximate surface area is 158 Å². The first kappa shape index (κ1) is 17.0. The first-order chi connectivity index (χ1) is 12.8. The molecule has 1 saturated heterocycles. The second kappa shape index (κ2) is 7.43. The summed E-state index contributed by atoms with van der Waals surface area (Å²) in [7, 11) is 1.70. The third-order valence-electron chi connectivity index (χ3n) is 4.95. The van der Waals surface area contributed by atoms with Gasteiger partial charge in [0.1, 0.15) is 12.1 Å². The zero-order valence-electron chi connectivity index (χ0n) is 14.8. The van der Waals surface area contributed by atoms with Crippen LogP contribution in [0, 0.1) is 4.77 Å². The first-order valence-electron chi connectivity index (χ1n) is 8.84. The lowest BCUT2D eigenvalue weighted by Crippen LogP contribution is -2.27. The van der Waals surface area contributed by atoms with Gasteiger partial charge in [-0.1, -0.05) is 30.3 Å². The number of ether oxygens (including phenoxy) is 1. The van der Waals surface area contributed by atoms with Gasteiger partial charge in [0.15, 0.2) is 0 Å². The summed E-state index contributed by atoms with van der Waals surface area (Å²) in [5.74, 6) is 0.891. The van der Waals surface area contributed by atoms with Crippen molar-refractivity contribution in [3.05, 3.63) is 71.3 Å². The molecule has 2 aromatic carbocycles. The summed E-state index contributed by atoms with van der Waals surface area (Å²) in [6.07, 6.45) is 4.14. The van der Waals surface area contributed by atoms with Crippen molar-refractivity contribution in [2.75, 3.05) is 13.7 Å². The number of rotatable bonds is 5. The molecule has 0 radical (unpaired) electrons. The number of methoxy groups -OCH3 is 1. The summed E-state index contributed by atoms with van der Waals surface area (Å²) >= 11 is 5.65. The van der Waals surface area contributed by atoms with Gasteiger partial charge in [0, 0.05) is 18.3 Å². The SMILES string of the molecule is COc1ccc(C2CCCN2Cn2ncn(-c3ccccc3)c2=S)cc1. The molecule has 0 aliphatic carbocycles. The normalized spacial score (nSPS) is 17.5. The summed E-state index contributed by atoms with van der Waals surface area (Å²) in [6, 6.07) is 18.9. The van der Waals surface area contributed by atoms with Crippen molar-refractivity contribution in [3.8, 4) is 11.4 Å². The third-order valence-corrected chi connectivity index (χ3v) is 5.36. The van der Waals surface area contributed by atoms with Crippen LogP contribution in [0.5, 0.6) is 5.75 Å². The molecule has 0 bridgehead atoms. The average Bonchev–Trinajstić information content (AvgIpc) is 3.30. The molecule has 0 spiro atoms. The van der Waals surface area contributed by atoms with Crippen LogP contribution in [0.25, 0.3) is 5.69 Å². The van der Waals surface area contributed by atoms with Gasteiger partial charge in [-0.05, 0) is 54.9 Å². The van der Waals surface area contributed by atoms with Gasteiger partial charge >= 0.3 is 0 Å². The number of nitrogens with zero attached hydrogens (tertiary/aromatic N) is 4. The Kier molecular flexibility index (Phi) is 4.86. The quantitative estimate of drug-likeness (QED) is 0.634. The standard InChI is InChI=1S/C20H22N4OS/c1-25-18-11-9-16(10-12-18)19-8-5-13-22(19)15-24-20(26)23(14-21-24)17-6-3-2-4-7-17/h2-4,6-7,9-12,14,19H,5,8,13,15H2,1H3. The lowest BCUT2D eigenvalue weighted by atomic mass is 10.0. The van der Waals surface area contributed by atoms with E-state index in [1.54, 1.807) is 13.4 Å². The van der Waals surface area contributed by atoms with Crippen LogP contribution in [0.15, 0.2) is 60.9 Å². The molecule has 2 heterocycles. The summed E-state index contributed by atoms with van der Waals surface area (Å²) in [4.78, 5) is 2.44. The minimum absolute atomic E-state index is 0.393. The maximum absolute atomic E-state index is 5.65. The molecule has 1 aromatic heterocycles. The van der Waals surface area contributed by atoms with E-state index in [1.165, 1.54) is 12.0 Å². The fourth-order valence-electron chi connectivity index (χ4n) is 3.57. The van der Waals surface area contributed by atoms with Crippen LogP contribution < -0.4 is 4.74 Å². The number of para-hydroxylation sites is 1. The van der Waals surface area contributed by atoms with Gasteiger partial charge in [-0.15, -0.1) is 0 Å². The predicted octanol–water partition coefficient (Wildman–Crippen LogP) is 4.21. The van der Waals surface area contributed by atoms with E-state index in [1.807, 2.05) is 51.7 Å². The number of hydrogen-bond acceptors (Lipinski definition) is 4. The van der Waals surface area contributed by atoms with E-state index in [2.05, 4.69) is 22.1 Å². The molecule has 0 amide bonds. The van der Waals surface area contributed by atoms with Gasteiger partial charge in [-0.25, -0.2) is 4.68 Å². The molecule has 6 heteroatoms. The molecule has 1 fully saturated rings. The molecular weight excluding hydrogens is 344 g/mol. The average molecular weight is 366 g/mol. The molecule has 1 aliphatic heterocycles. The summed E-state index contributed by atoms with van der Waals surface area (Å²) in [6.45, 7) is 1.76. The number of likely N-dealkylation sites (tertiary alicyclic amines) is 1. The van der Waals surface area contributed by atoms with Crippen molar-refractivity contribution in [2.24, 2.45) is 0 Å². The minimum atomic E-state index is 0.393. The van der Waals surface area contributed by atoms with Crippen LogP contribution in [0.1, 0.15) is 24.4 Å². The lowest BCUT2D eigenvalue weighted by Gasteiger charge is -2.24. The first-order valence-corrected chi connectivity index (χ1v) is 9.25. The monoisotopic (exact) mass is 366 g/mol. The molecular formula is C20H22N4OS. The van der Waals surface area contributed by atoms with E-state index < -0.39 is 0 Å². The zero-order valence-corrected chi connectivity index (χ0v) is 15.6. The van der Waals surface area contributed by atoms with Crippen LogP contribution in [0.3, 0.4) is 0 Å². The zero-order chi connectivity index (χ0) is 17.9. The van der Waals surface area contributed by atoms with Crippen LogP contribution in [0.2, 0.25) is 0 Å². The maximum Gasteiger partial charge on any atom is 0.203 e. The van der Waals surface area contributed by atoms with E-state index in [-0.39, 0.29) is 0 Å². The molecule has 5 nitrogen and oxygen atoms in total. The largest absolute Gasteiger partial charge is 0.497 e. The molecule has 0 N–H and O–H groups in total. The van der Waals surface area contributed by atoms with Crippen molar-refractivity contribution >= 4 is 12.2 Å². The van der Waals surface area contributed by atoms with Gasteiger partial charge in [0.05, 0.1) is 13.8 Å². The Balaban J connectivity index is 1.55. The lowest BCUT2D eigenvalue weighted by molar-refractivity contribution is 0.190. The second-order valence-corrected chi connectivity index (χ2v) is 6.87. The van der Waals surface area contributed by atoms with E-state index in [4.69, 9.17) is 17.0 Å². The van der Waals surface area contributed by atoms with Gasteiger partial charge in [-0.2, -0.15) is 5.10 Å². The Morgan fingerprint density at radius 1 is 1.12 bits per heavy atom. The van der Waals surface area contributed by atoms with Crippen LogP contribution in [0.4, 0.5) is 0 Å². The highest BCUT2D eigenvalue weighted by molar-refractivity contribution is 7.71. The van der Waals surface area contributed by atoms with Crippen LogP contribution in [-0.2, 0) is 6.67 Å². The highest BCUT2D eigenvalue weighted by atomic mass is 32.1. The van der Waals surface area contributed by atoms with Crippen molar-refractivity contribution in [3.63, 3.8) is 0 Å². The van der Waals surface area contributed by atoms with E-state index in [9.17, 15) is 0 Å². The van der Waals surface area contributed by atoms with Gasteiger partial charge in [0.2, 0.25) is 4.77 Å². The van der Waals surface area contributed by atoms with E-state index in [0.29, 0.717) is 12.7 Å². The van der Waals surface area contributed by atoms with Crippen molar-refractivity contribution in [1.82, 2.24) is 19.2 Å². The van der Waals surface area contributed by atoms with E-state index >= 15 is 0 Å². The topological polar surface area (TPSA) is 35.2 Å². The molecule has 3 aromatic rings. The smallest absolute Gasteiger partial charge is 0.203 e.